The van der Waals surface area contributed by atoms with Crippen LogP contribution in [0, 0.1) is 0 Å². The van der Waals surface area contributed by atoms with Gasteiger partial charge in [0.1, 0.15) is 16.4 Å². The summed E-state index contributed by atoms with van der Waals surface area (Å²) in [5, 5.41) is 13.0. The third-order valence-electron chi connectivity index (χ3n) is 3.80. The van der Waals surface area contributed by atoms with Crippen molar-refractivity contribution in [1.29, 1.82) is 0 Å². The minimum absolute atomic E-state index is 0.0890. The average Bonchev–Trinajstić information content (AvgIpc) is 3.16. The first-order valence-electron chi connectivity index (χ1n) is 8.75. The number of hydrogen-bond acceptors (Lipinski definition) is 7. The van der Waals surface area contributed by atoms with Crippen molar-refractivity contribution >= 4 is 34.1 Å². The van der Waals surface area contributed by atoms with Crippen molar-refractivity contribution in [3.63, 3.8) is 0 Å². The number of benzene rings is 1. The summed E-state index contributed by atoms with van der Waals surface area (Å²) in [5.74, 6) is 0.204. The van der Waals surface area contributed by atoms with E-state index in [-0.39, 0.29) is 11.2 Å². The number of carbonyl (C=O) groups excluding carboxylic acids is 1. The zero-order valence-corrected chi connectivity index (χ0v) is 17.0. The largest absolute Gasteiger partial charge is 0.300 e. The van der Waals surface area contributed by atoms with Gasteiger partial charge in [-0.05, 0) is 12.5 Å². The molecule has 140 valence electrons. The Kier molecular flexibility index (Phi) is 6.52. The Morgan fingerprint density at radius 2 is 1.96 bits per heavy atom. The van der Waals surface area contributed by atoms with Gasteiger partial charge in [-0.1, -0.05) is 74.2 Å². The van der Waals surface area contributed by atoms with Crippen LogP contribution in [0.4, 0.5) is 5.13 Å². The zero-order chi connectivity index (χ0) is 19.2. The van der Waals surface area contributed by atoms with Gasteiger partial charge in [-0.3, -0.25) is 10.1 Å². The number of hydrogen-bond donors (Lipinski definition) is 1. The van der Waals surface area contributed by atoms with Crippen LogP contribution in [0.15, 0.2) is 47.8 Å². The van der Waals surface area contributed by atoms with Gasteiger partial charge in [0.05, 0.1) is 10.9 Å². The van der Waals surface area contributed by atoms with E-state index in [1.54, 1.807) is 0 Å². The van der Waals surface area contributed by atoms with Gasteiger partial charge in [-0.25, -0.2) is 9.97 Å². The van der Waals surface area contributed by atoms with Gasteiger partial charge in [0.2, 0.25) is 11.0 Å². The van der Waals surface area contributed by atoms with E-state index in [1.165, 1.54) is 29.4 Å². The second kappa shape index (κ2) is 9.05. The van der Waals surface area contributed by atoms with Crippen LogP contribution in [0.2, 0.25) is 0 Å². The lowest BCUT2D eigenvalue weighted by Gasteiger charge is -2.13. The van der Waals surface area contributed by atoms with Crippen molar-refractivity contribution in [1.82, 2.24) is 20.2 Å². The number of rotatable bonds is 7. The van der Waals surface area contributed by atoms with E-state index in [0.717, 1.165) is 21.3 Å². The summed E-state index contributed by atoms with van der Waals surface area (Å²) in [6.45, 7) is 6.09. The topological polar surface area (TPSA) is 80.7 Å². The molecule has 3 aromatic rings. The van der Waals surface area contributed by atoms with Gasteiger partial charge in [-0.15, -0.1) is 10.2 Å². The second-order valence-corrected chi connectivity index (χ2v) is 8.44. The van der Waals surface area contributed by atoms with Gasteiger partial charge in [0.15, 0.2) is 0 Å². The zero-order valence-electron chi connectivity index (χ0n) is 15.4. The summed E-state index contributed by atoms with van der Waals surface area (Å²) in [5.41, 5.74) is 1.86. The fraction of sp³-hybridized carbons (Fsp3) is 0.316. The molecule has 1 atom stereocenters. The van der Waals surface area contributed by atoms with Crippen LogP contribution in [0.25, 0.3) is 11.3 Å². The molecule has 1 amide bonds. The minimum Gasteiger partial charge on any atom is -0.300 e. The molecule has 0 bridgehead atoms. The molecule has 0 saturated heterocycles. The highest BCUT2D eigenvalue weighted by Crippen LogP contribution is 2.28. The van der Waals surface area contributed by atoms with Crippen LogP contribution in [-0.4, -0.2) is 31.3 Å². The smallest absolute Gasteiger partial charge is 0.239 e. The summed E-state index contributed by atoms with van der Waals surface area (Å²) in [6, 6.07) is 11.8. The standard InChI is InChI=1S/C19H21N5OS2/c1-4-15(17(25)22-19-24-23-18(27-19)12(2)3)26-16-10-14(20-11-21-16)13-8-6-5-7-9-13/h5-12,15H,4H2,1-3H3,(H,22,24,25). The first-order chi connectivity index (χ1) is 13.1. The Balaban J connectivity index is 1.70. The Hall–Kier alpha value is -2.32. The van der Waals surface area contributed by atoms with Crippen molar-refractivity contribution in [3.05, 3.63) is 47.7 Å². The van der Waals surface area contributed by atoms with E-state index in [0.29, 0.717) is 17.5 Å². The Morgan fingerprint density at radius 3 is 2.63 bits per heavy atom. The van der Waals surface area contributed by atoms with Gasteiger partial charge in [0.25, 0.3) is 0 Å². The van der Waals surface area contributed by atoms with Crippen LogP contribution in [-0.2, 0) is 4.79 Å². The summed E-state index contributed by atoms with van der Waals surface area (Å²) in [7, 11) is 0. The third-order valence-corrected chi connectivity index (χ3v) is 6.24. The maximum absolute atomic E-state index is 12.6. The molecule has 0 aliphatic rings. The predicted octanol–water partition coefficient (Wildman–Crippen LogP) is 4.63. The van der Waals surface area contributed by atoms with Crippen LogP contribution in [0.1, 0.15) is 38.1 Å². The number of carbonyl (C=O) groups is 1. The molecule has 8 heteroatoms. The van der Waals surface area contributed by atoms with Gasteiger partial charge < -0.3 is 0 Å². The van der Waals surface area contributed by atoms with E-state index in [4.69, 9.17) is 0 Å². The number of amides is 1. The van der Waals surface area contributed by atoms with Crippen molar-refractivity contribution in [3.8, 4) is 11.3 Å². The predicted molar refractivity (Wildman–Crippen MR) is 110 cm³/mol. The molecule has 0 aliphatic heterocycles. The van der Waals surface area contributed by atoms with E-state index in [9.17, 15) is 4.79 Å². The molecule has 0 spiro atoms. The van der Waals surface area contributed by atoms with Gasteiger partial charge in [0, 0.05) is 11.5 Å². The van der Waals surface area contributed by atoms with Crippen molar-refractivity contribution in [2.45, 2.75) is 43.4 Å². The number of nitrogens with one attached hydrogen (secondary N) is 1. The average molecular weight is 400 g/mol. The number of aromatic nitrogens is 4. The molecule has 2 aromatic heterocycles. The monoisotopic (exact) mass is 399 g/mol. The molecule has 2 heterocycles. The third kappa shape index (κ3) is 5.11. The number of nitrogens with zero attached hydrogens (tertiary/aromatic N) is 4. The molecule has 0 fully saturated rings. The first-order valence-corrected chi connectivity index (χ1v) is 10.4. The summed E-state index contributed by atoms with van der Waals surface area (Å²) >= 11 is 2.85. The molecule has 27 heavy (non-hydrogen) atoms. The fourth-order valence-electron chi connectivity index (χ4n) is 2.34. The van der Waals surface area contributed by atoms with E-state index >= 15 is 0 Å². The van der Waals surface area contributed by atoms with Crippen LogP contribution in [0.3, 0.4) is 0 Å². The van der Waals surface area contributed by atoms with Crippen molar-refractivity contribution in [2.75, 3.05) is 5.32 Å². The Morgan fingerprint density at radius 1 is 1.19 bits per heavy atom. The molecule has 1 N–H and O–H groups in total. The molecule has 1 aromatic carbocycles. The van der Waals surface area contributed by atoms with E-state index in [2.05, 4.69) is 39.3 Å². The number of thioether (sulfide) groups is 1. The molecule has 0 radical (unpaired) electrons. The lowest BCUT2D eigenvalue weighted by Crippen LogP contribution is -2.24. The van der Waals surface area contributed by atoms with Gasteiger partial charge >= 0.3 is 0 Å². The summed E-state index contributed by atoms with van der Waals surface area (Å²) < 4.78 is 0. The SMILES string of the molecule is CCC(Sc1cc(-c2ccccc2)ncn1)C(=O)Nc1nnc(C(C)C)s1. The summed E-state index contributed by atoms with van der Waals surface area (Å²) in [6.07, 6.45) is 2.21. The molecule has 0 aliphatic carbocycles. The highest BCUT2D eigenvalue weighted by atomic mass is 32.2. The van der Waals surface area contributed by atoms with Crippen LogP contribution >= 0.6 is 23.1 Å². The van der Waals surface area contributed by atoms with E-state index in [1.807, 2.05) is 43.3 Å². The summed E-state index contributed by atoms with van der Waals surface area (Å²) in [4.78, 5) is 21.3. The highest BCUT2D eigenvalue weighted by Gasteiger charge is 2.21. The van der Waals surface area contributed by atoms with Gasteiger partial charge in [-0.2, -0.15) is 0 Å². The first kappa shape index (κ1) is 19.4. The Labute approximate surface area is 166 Å². The molecule has 6 nitrogen and oxygen atoms in total. The lowest BCUT2D eigenvalue weighted by molar-refractivity contribution is -0.115. The van der Waals surface area contributed by atoms with E-state index < -0.39 is 0 Å². The molecular formula is C19H21N5OS2. The molecule has 3 rings (SSSR count). The number of anilines is 1. The van der Waals surface area contributed by atoms with Crippen LogP contribution in [0.5, 0.6) is 0 Å². The fourth-order valence-corrected chi connectivity index (χ4v) is 4.00. The maximum atomic E-state index is 12.6. The highest BCUT2D eigenvalue weighted by molar-refractivity contribution is 8.00. The minimum atomic E-state index is -0.269. The molecule has 0 saturated carbocycles. The second-order valence-electron chi connectivity index (χ2n) is 6.21. The normalized spacial score (nSPS) is 12.1. The van der Waals surface area contributed by atoms with Crippen molar-refractivity contribution in [2.24, 2.45) is 0 Å². The maximum Gasteiger partial charge on any atom is 0.239 e. The quantitative estimate of drug-likeness (QED) is 0.461. The van der Waals surface area contributed by atoms with Crippen LogP contribution < -0.4 is 5.32 Å². The van der Waals surface area contributed by atoms with Crippen molar-refractivity contribution < 1.29 is 4.79 Å². The lowest BCUT2D eigenvalue weighted by atomic mass is 10.1. The molecule has 1 unspecified atom stereocenters. The Bertz CT molecular complexity index is 898. The molecular weight excluding hydrogens is 378 g/mol.